The van der Waals surface area contributed by atoms with Crippen molar-refractivity contribution in [3.8, 4) is 5.75 Å². The summed E-state index contributed by atoms with van der Waals surface area (Å²) in [5.41, 5.74) is 0.466. The van der Waals surface area contributed by atoms with Gasteiger partial charge in [-0.2, -0.15) is 0 Å². The summed E-state index contributed by atoms with van der Waals surface area (Å²) in [5.74, 6) is 2.43. The van der Waals surface area contributed by atoms with Gasteiger partial charge in [0, 0.05) is 25.4 Å². The summed E-state index contributed by atoms with van der Waals surface area (Å²) < 4.78 is 5.77. The molecule has 1 atom stereocenters. The minimum absolute atomic E-state index is 0.115. The van der Waals surface area contributed by atoms with Crippen LogP contribution in [0.4, 0.5) is 5.69 Å². The number of rotatable bonds is 5. The first kappa shape index (κ1) is 20.3. The van der Waals surface area contributed by atoms with Crippen LogP contribution in [0.25, 0.3) is 0 Å². The summed E-state index contributed by atoms with van der Waals surface area (Å²) in [7, 11) is 1.55. The van der Waals surface area contributed by atoms with Crippen molar-refractivity contribution in [2.24, 2.45) is 23.2 Å². The molecule has 4 bridgehead atoms. The number of nitrogens with one attached hydrogen (secondary N) is 2. The molecule has 4 aliphatic carbocycles. The Labute approximate surface area is 182 Å². The molecule has 0 radical (unpaired) electrons. The lowest BCUT2D eigenvalue weighted by Gasteiger charge is -2.55. The Kier molecular flexibility index (Phi) is 5.15. The number of anilines is 1. The van der Waals surface area contributed by atoms with Crippen LogP contribution in [0.3, 0.4) is 0 Å². The van der Waals surface area contributed by atoms with Crippen LogP contribution in [0.15, 0.2) is 24.3 Å². The lowest BCUT2D eigenvalue weighted by molar-refractivity contribution is -0.146. The van der Waals surface area contributed by atoms with E-state index in [0.29, 0.717) is 35.7 Å². The fourth-order valence-corrected chi connectivity index (χ4v) is 6.76. The SMILES string of the molecule is CNC(=O)[C@H]1CN(C(=O)CCNC(=O)C23CC4CC(CC(C4)C2)C3)c2ccccc2O1. The van der Waals surface area contributed by atoms with Crippen LogP contribution in [-0.4, -0.2) is 44.0 Å². The average molecular weight is 426 g/mol. The van der Waals surface area contributed by atoms with Gasteiger partial charge < -0.3 is 20.3 Å². The Morgan fingerprint density at radius 2 is 1.71 bits per heavy atom. The zero-order valence-corrected chi connectivity index (χ0v) is 18.1. The zero-order chi connectivity index (χ0) is 21.6. The number of hydrogen-bond donors (Lipinski definition) is 2. The highest BCUT2D eigenvalue weighted by Gasteiger charge is 2.54. The Bertz CT molecular complexity index is 863. The Morgan fingerprint density at radius 3 is 2.35 bits per heavy atom. The number of ether oxygens (including phenoxy) is 1. The molecule has 4 fully saturated rings. The predicted molar refractivity (Wildman–Crippen MR) is 116 cm³/mol. The smallest absolute Gasteiger partial charge is 0.262 e. The number of hydrogen-bond acceptors (Lipinski definition) is 4. The van der Waals surface area contributed by atoms with Gasteiger partial charge in [0.05, 0.1) is 12.2 Å². The first-order valence-electron chi connectivity index (χ1n) is 11.5. The van der Waals surface area contributed by atoms with Gasteiger partial charge in [-0.3, -0.25) is 14.4 Å². The largest absolute Gasteiger partial charge is 0.477 e. The van der Waals surface area contributed by atoms with Crippen LogP contribution in [0, 0.1) is 23.2 Å². The van der Waals surface area contributed by atoms with Gasteiger partial charge in [-0.1, -0.05) is 12.1 Å². The van der Waals surface area contributed by atoms with Crippen LogP contribution in [0.5, 0.6) is 5.75 Å². The van der Waals surface area contributed by atoms with Gasteiger partial charge >= 0.3 is 0 Å². The molecule has 7 nitrogen and oxygen atoms in total. The van der Waals surface area contributed by atoms with Crippen molar-refractivity contribution in [3.05, 3.63) is 24.3 Å². The van der Waals surface area contributed by atoms with E-state index in [2.05, 4.69) is 10.6 Å². The third-order valence-corrected chi connectivity index (χ3v) is 7.76. The number of likely N-dealkylation sites (N-methyl/N-ethyl adjacent to an activating group) is 1. The molecule has 0 spiro atoms. The lowest BCUT2D eigenvalue weighted by Crippen LogP contribution is -2.54. The minimum atomic E-state index is -0.745. The van der Waals surface area contributed by atoms with Crippen molar-refractivity contribution >= 4 is 23.4 Å². The molecule has 3 amide bonds. The average Bonchev–Trinajstić information content (AvgIpc) is 2.76. The van der Waals surface area contributed by atoms with E-state index >= 15 is 0 Å². The molecule has 0 saturated heterocycles. The molecular formula is C24H31N3O4. The van der Waals surface area contributed by atoms with E-state index in [0.717, 1.165) is 19.3 Å². The summed E-state index contributed by atoms with van der Waals surface area (Å²) in [6, 6.07) is 7.25. The standard InChI is InChI=1S/C24H31N3O4/c1-25-22(29)20-14-27(18-4-2-3-5-19(18)31-20)21(28)6-7-26-23(30)24-11-15-8-16(12-24)10-17(9-15)13-24/h2-5,15-17,20H,6-14H2,1H3,(H,25,29)(H,26,30)/t15?,16?,17?,20-,24?/m1/s1. The fourth-order valence-electron chi connectivity index (χ4n) is 6.76. The van der Waals surface area contributed by atoms with Crippen molar-refractivity contribution < 1.29 is 19.1 Å². The van der Waals surface area contributed by atoms with Crippen LogP contribution in [0.1, 0.15) is 44.9 Å². The van der Waals surface area contributed by atoms with Gasteiger partial charge in [0.25, 0.3) is 5.91 Å². The van der Waals surface area contributed by atoms with Crippen molar-refractivity contribution in [1.29, 1.82) is 0 Å². The number of nitrogens with zero attached hydrogens (tertiary/aromatic N) is 1. The number of fused-ring (bicyclic) bond motifs is 1. The maximum Gasteiger partial charge on any atom is 0.262 e. The fraction of sp³-hybridized carbons (Fsp3) is 0.625. The summed E-state index contributed by atoms with van der Waals surface area (Å²) in [6.07, 6.45) is 6.41. The topological polar surface area (TPSA) is 87.7 Å². The van der Waals surface area contributed by atoms with Gasteiger partial charge in [-0.15, -0.1) is 0 Å². The number of amides is 3. The van der Waals surface area contributed by atoms with E-state index < -0.39 is 6.10 Å². The molecule has 166 valence electrons. The maximum absolute atomic E-state index is 13.1. The molecule has 1 aromatic rings. The summed E-state index contributed by atoms with van der Waals surface area (Å²) >= 11 is 0. The Balaban J connectivity index is 1.21. The third kappa shape index (κ3) is 3.68. The van der Waals surface area contributed by atoms with Crippen LogP contribution >= 0.6 is 0 Å². The number of benzene rings is 1. The van der Waals surface area contributed by atoms with Gasteiger partial charge in [0.2, 0.25) is 11.8 Å². The Morgan fingerprint density at radius 1 is 1.06 bits per heavy atom. The van der Waals surface area contributed by atoms with E-state index in [1.807, 2.05) is 18.2 Å². The van der Waals surface area contributed by atoms with Crippen LogP contribution in [0.2, 0.25) is 0 Å². The molecule has 0 unspecified atom stereocenters. The second-order valence-electron chi connectivity index (χ2n) is 9.90. The number of carbonyl (C=O) groups is 3. The monoisotopic (exact) mass is 425 g/mol. The highest BCUT2D eigenvalue weighted by Crippen LogP contribution is 2.60. The van der Waals surface area contributed by atoms with E-state index in [4.69, 9.17) is 4.74 Å². The van der Waals surface area contributed by atoms with Crippen molar-refractivity contribution in [3.63, 3.8) is 0 Å². The summed E-state index contributed by atoms with van der Waals surface area (Å²) in [4.78, 5) is 39.9. The summed E-state index contributed by atoms with van der Waals surface area (Å²) in [5, 5.41) is 5.67. The second-order valence-corrected chi connectivity index (χ2v) is 9.90. The maximum atomic E-state index is 13.1. The van der Waals surface area contributed by atoms with Crippen LogP contribution < -0.4 is 20.3 Å². The predicted octanol–water partition coefficient (Wildman–Crippen LogP) is 2.25. The molecule has 7 heteroatoms. The quantitative estimate of drug-likeness (QED) is 0.758. The summed E-state index contributed by atoms with van der Waals surface area (Å²) in [6.45, 7) is 0.488. The van der Waals surface area contributed by atoms with Crippen LogP contribution in [-0.2, 0) is 14.4 Å². The normalized spacial score (nSPS) is 32.7. The molecule has 1 aromatic carbocycles. The minimum Gasteiger partial charge on any atom is -0.477 e. The zero-order valence-electron chi connectivity index (χ0n) is 18.1. The van der Waals surface area contributed by atoms with Crippen molar-refractivity contribution in [2.75, 3.05) is 25.0 Å². The third-order valence-electron chi connectivity index (χ3n) is 7.76. The van der Waals surface area contributed by atoms with Gasteiger partial charge in [0.1, 0.15) is 5.75 Å². The second kappa shape index (κ2) is 7.84. The van der Waals surface area contributed by atoms with E-state index in [-0.39, 0.29) is 36.1 Å². The first-order valence-corrected chi connectivity index (χ1v) is 11.5. The van der Waals surface area contributed by atoms with E-state index in [1.54, 1.807) is 18.0 Å². The first-order chi connectivity index (χ1) is 15.0. The van der Waals surface area contributed by atoms with Crippen molar-refractivity contribution in [1.82, 2.24) is 10.6 Å². The van der Waals surface area contributed by atoms with E-state index in [1.165, 1.54) is 19.3 Å². The Hall–Kier alpha value is -2.57. The van der Waals surface area contributed by atoms with Crippen molar-refractivity contribution in [2.45, 2.75) is 51.0 Å². The molecule has 1 aliphatic heterocycles. The number of para-hydroxylation sites is 2. The molecule has 4 saturated carbocycles. The molecule has 2 N–H and O–H groups in total. The molecular weight excluding hydrogens is 394 g/mol. The highest BCUT2D eigenvalue weighted by molar-refractivity contribution is 5.97. The highest BCUT2D eigenvalue weighted by atomic mass is 16.5. The van der Waals surface area contributed by atoms with Gasteiger partial charge in [-0.25, -0.2) is 0 Å². The number of carbonyl (C=O) groups excluding carboxylic acids is 3. The molecule has 6 rings (SSSR count). The molecule has 0 aromatic heterocycles. The molecule has 31 heavy (non-hydrogen) atoms. The molecule has 5 aliphatic rings. The van der Waals surface area contributed by atoms with Gasteiger partial charge in [0.15, 0.2) is 6.10 Å². The lowest BCUT2D eigenvalue weighted by atomic mass is 9.49. The van der Waals surface area contributed by atoms with Gasteiger partial charge in [-0.05, 0) is 68.4 Å². The molecule has 1 heterocycles. The van der Waals surface area contributed by atoms with E-state index in [9.17, 15) is 14.4 Å².